The van der Waals surface area contributed by atoms with Gasteiger partial charge >= 0.3 is 0 Å². The summed E-state index contributed by atoms with van der Waals surface area (Å²) in [4.78, 5) is 0. The fraction of sp³-hybridized carbons (Fsp3) is 0.0508. The van der Waals surface area contributed by atoms with Gasteiger partial charge in [-0.15, -0.1) is 0 Å². The minimum Gasteiger partial charge on any atom is -0.455 e. The molecule has 0 spiro atoms. The van der Waals surface area contributed by atoms with E-state index in [1.165, 1.54) is 109 Å². The van der Waals surface area contributed by atoms with E-state index in [1.807, 2.05) is 0 Å². The Morgan fingerprint density at radius 1 is 0.333 bits per heavy atom. The summed E-state index contributed by atoms with van der Waals surface area (Å²) in [6.07, 6.45) is 0. The summed E-state index contributed by atoms with van der Waals surface area (Å²) < 4.78 is 6.74. The first kappa shape index (κ1) is 33.5. The van der Waals surface area contributed by atoms with Crippen molar-refractivity contribution >= 4 is 75.8 Å². The van der Waals surface area contributed by atoms with Crippen LogP contribution in [-0.4, -0.2) is 0 Å². The minimum atomic E-state index is -0.0256. The van der Waals surface area contributed by atoms with Crippen molar-refractivity contribution in [1.82, 2.24) is 0 Å². The molecule has 0 atom stereocenters. The minimum absolute atomic E-state index is 0.0256. The molecule has 11 aromatic carbocycles. The summed E-state index contributed by atoms with van der Waals surface area (Å²) in [5, 5.41) is 14.6. The zero-order valence-corrected chi connectivity index (χ0v) is 33.4. The van der Waals surface area contributed by atoms with E-state index in [2.05, 4.69) is 208 Å². The molecule has 1 aliphatic rings. The number of benzene rings is 11. The summed E-state index contributed by atoms with van der Waals surface area (Å²) >= 11 is 0. The number of hydrogen-bond donors (Lipinski definition) is 0. The number of furan rings is 1. The first-order valence-corrected chi connectivity index (χ1v) is 21.0. The van der Waals surface area contributed by atoms with Crippen LogP contribution in [0.25, 0.3) is 120 Å². The van der Waals surface area contributed by atoms with Gasteiger partial charge in [-0.3, -0.25) is 0 Å². The van der Waals surface area contributed by atoms with Gasteiger partial charge in [-0.1, -0.05) is 178 Å². The quantitative estimate of drug-likeness (QED) is 0.129. The molecule has 0 unspecified atom stereocenters. The highest BCUT2D eigenvalue weighted by atomic mass is 16.3. The first-order chi connectivity index (χ1) is 29.5. The second-order valence-electron chi connectivity index (χ2n) is 17.2. The van der Waals surface area contributed by atoms with E-state index in [9.17, 15) is 0 Å². The highest BCUT2D eigenvalue weighted by molar-refractivity contribution is 6.31. The molecule has 0 bridgehead atoms. The average molecular weight is 763 g/mol. The van der Waals surface area contributed by atoms with Crippen LogP contribution in [0.2, 0.25) is 0 Å². The van der Waals surface area contributed by atoms with Crippen LogP contribution < -0.4 is 0 Å². The van der Waals surface area contributed by atoms with E-state index >= 15 is 0 Å². The molecule has 1 heteroatoms. The predicted molar refractivity (Wildman–Crippen MR) is 255 cm³/mol. The van der Waals surface area contributed by atoms with Crippen molar-refractivity contribution in [1.29, 1.82) is 0 Å². The molecule has 0 fully saturated rings. The van der Waals surface area contributed by atoms with E-state index < -0.39 is 0 Å². The van der Waals surface area contributed by atoms with Gasteiger partial charge in [0.25, 0.3) is 0 Å². The third-order valence-corrected chi connectivity index (χ3v) is 13.6. The Morgan fingerprint density at radius 3 is 1.58 bits per heavy atom. The molecule has 280 valence electrons. The molecule has 0 aliphatic heterocycles. The number of rotatable bonds is 3. The van der Waals surface area contributed by atoms with Gasteiger partial charge in [-0.05, 0) is 134 Å². The van der Waals surface area contributed by atoms with Crippen molar-refractivity contribution in [3.63, 3.8) is 0 Å². The van der Waals surface area contributed by atoms with Crippen LogP contribution in [0.1, 0.15) is 25.0 Å². The van der Waals surface area contributed by atoms with Crippen molar-refractivity contribution in [2.45, 2.75) is 19.3 Å². The van der Waals surface area contributed by atoms with Gasteiger partial charge in [0.15, 0.2) is 0 Å². The normalized spacial score (nSPS) is 13.3. The van der Waals surface area contributed by atoms with Gasteiger partial charge in [-0.25, -0.2) is 0 Å². The average Bonchev–Trinajstić information content (AvgIpc) is 3.78. The summed E-state index contributed by atoms with van der Waals surface area (Å²) in [6, 6.07) is 71.9. The molecule has 12 aromatic rings. The van der Waals surface area contributed by atoms with Crippen LogP contribution in [0.3, 0.4) is 0 Å². The largest absolute Gasteiger partial charge is 0.455 e. The molecule has 1 heterocycles. The lowest BCUT2D eigenvalue weighted by atomic mass is 9.81. The Kier molecular flexibility index (Phi) is 6.85. The van der Waals surface area contributed by atoms with E-state index in [0.717, 1.165) is 21.9 Å². The fourth-order valence-electron chi connectivity index (χ4n) is 10.8. The van der Waals surface area contributed by atoms with Crippen LogP contribution in [0, 0.1) is 0 Å². The second kappa shape index (κ2) is 12.3. The molecule has 1 nitrogen and oxygen atoms in total. The Morgan fingerprint density at radius 2 is 0.867 bits per heavy atom. The molecule has 0 amide bonds. The van der Waals surface area contributed by atoms with E-state index in [-0.39, 0.29) is 5.41 Å². The second-order valence-corrected chi connectivity index (χ2v) is 17.2. The molecule has 0 saturated heterocycles. The Labute approximate surface area is 347 Å². The van der Waals surface area contributed by atoms with Crippen LogP contribution in [0.5, 0.6) is 0 Å². The van der Waals surface area contributed by atoms with Crippen molar-refractivity contribution in [3.05, 3.63) is 205 Å². The summed E-state index contributed by atoms with van der Waals surface area (Å²) in [5.74, 6) is 0. The zero-order chi connectivity index (χ0) is 39.7. The van der Waals surface area contributed by atoms with Crippen molar-refractivity contribution in [2.75, 3.05) is 0 Å². The zero-order valence-electron chi connectivity index (χ0n) is 33.4. The molecular weight excluding hydrogens is 725 g/mol. The number of hydrogen-bond acceptors (Lipinski definition) is 1. The van der Waals surface area contributed by atoms with E-state index in [4.69, 9.17) is 4.42 Å². The Balaban J connectivity index is 0.957. The van der Waals surface area contributed by atoms with Crippen LogP contribution in [0.4, 0.5) is 0 Å². The van der Waals surface area contributed by atoms with Crippen LogP contribution >= 0.6 is 0 Å². The lowest BCUT2D eigenvalue weighted by molar-refractivity contribution is 0.660. The van der Waals surface area contributed by atoms with Crippen molar-refractivity contribution < 1.29 is 4.42 Å². The summed E-state index contributed by atoms with van der Waals surface area (Å²) in [7, 11) is 0. The highest BCUT2D eigenvalue weighted by Gasteiger charge is 2.35. The van der Waals surface area contributed by atoms with Crippen LogP contribution in [-0.2, 0) is 5.41 Å². The fourth-order valence-corrected chi connectivity index (χ4v) is 10.8. The SMILES string of the molecule is CC1(C)c2ccccc2-c2cc(-c3c4ccccc4c(-c4ccc(-c5ccc6c(c5)c5ccccc5c5c7cc8ccccc8cc7oc65)cc4)c4ccccc34)ccc21. The van der Waals surface area contributed by atoms with Crippen molar-refractivity contribution in [3.8, 4) is 44.5 Å². The molecule has 1 aliphatic carbocycles. The van der Waals surface area contributed by atoms with E-state index in [0.29, 0.717) is 0 Å². The van der Waals surface area contributed by atoms with Gasteiger partial charge in [0.1, 0.15) is 11.2 Å². The smallest absolute Gasteiger partial charge is 0.143 e. The molecule has 60 heavy (non-hydrogen) atoms. The Hall–Kier alpha value is -7.48. The highest BCUT2D eigenvalue weighted by Crippen LogP contribution is 2.51. The van der Waals surface area contributed by atoms with Gasteiger partial charge in [0, 0.05) is 21.6 Å². The predicted octanol–water partition coefficient (Wildman–Crippen LogP) is 16.7. The standard InChI is InChI=1S/C59H38O/c1-59(2)52-22-12-11-16-42(52)50-33-40(28-30-53(50)59)56-46-20-9-7-18-44(46)55(45-19-8-10-21-47(45)56)36-25-23-35(24-26-36)39-27-29-48-49(31-39)41-15-5-6-17-43(41)57-51-32-37-13-3-4-14-38(37)34-54(51)60-58(48)57/h3-34H,1-2H3. The topological polar surface area (TPSA) is 13.1 Å². The van der Waals surface area contributed by atoms with Crippen LogP contribution in [0.15, 0.2) is 199 Å². The maximum Gasteiger partial charge on any atom is 0.143 e. The van der Waals surface area contributed by atoms with Gasteiger partial charge in [-0.2, -0.15) is 0 Å². The lowest BCUT2D eigenvalue weighted by Gasteiger charge is -2.22. The molecule has 0 radical (unpaired) electrons. The lowest BCUT2D eigenvalue weighted by Crippen LogP contribution is -2.14. The monoisotopic (exact) mass is 762 g/mol. The molecule has 13 rings (SSSR count). The van der Waals surface area contributed by atoms with E-state index in [1.54, 1.807) is 0 Å². The molecule has 0 N–H and O–H groups in total. The van der Waals surface area contributed by atoms with Gasteiger partial charge in [0.2, 0.25) is 0 Å². The first-order valence-electron chi connectivity index (χ1n) is 21.0. The third kappa shape index (κ3) is 4.63. The Bertz CT molecular complexity index is 3730. The maximum atomic E-state index is 6.74. The third-order valence-electron chi connectivity index (χ3n) is 13.6. The summed E-state index contributed by atoms with van der Waals surface area (Å²) in [6.45, 7) is 4.70. The molecular formula is C59H38O. The number of fused-ring (bicyclic) bond motifs is 14. The maximum absolute atomic E-state index is 6.74. The van der Waals surface area contributed by atoms with Gasteiger partial charge in [0.05, 0.1) is 0 Å². The molecule has 0 saturated carbocycles. The molecule has 1 aromatic heterocycles. The van der Waals surface area contributed by atoms with Crippen molar-refractivity contribution in [2.24, 2.45) is 0 Å². The van der Waals surface area contributed by atoms with Gasteiger partial charge < -0.3 is 4.42 Å². The summed E-state index contributed by atoms with van der Waals surface area (Å²) in [5.41, 5.74) is 14.8.